The molecule has 0 saturated carbocycles. The van der Waals surface area contributed by atoms with Crippen LogP contribution in [0, 0.1) is 0 Å². The minimum atomic E-state index is -0.971. The summed E-state index contributed by atoms with van der Waals surface area (Å²) in [5.41, 5.74) is 5.63. The average molecular weight is 346 g/mol. The minimum Gasteiger partial charge on any atom is -0.489 e. The zero-order valence-electron chi connectivity index (χ0n) is 14.0. The number of hydrazone groups is 1. The number of nitrogens with zero attached hydrogens (tertiary/aromatic N) is 1. The summed E-state index contributed by atoms with van der Waals surface area (Å²) in [7, 11) is 0. The van der Waals surface area contributed by atoms with E-state index >= 15 is 0 Å². The van der Waals surface area contributed by atoms with Crippen LogP contribution in [0.25, 0.3) is 0 Å². The fourth-order valence-electron chi connectivity index (χ4n) is 2.33. The second-order valence-electron chi connectivity index (χ2n) is 5.60. The molecule has 0 atom stereocenters. The summed E-state index contributed by atoms with van der Waals surface area (Å²) in [4.78, 5) is 11.0. The van der Waals surface area contributed by atoms with Crippen molar-refractivity contribution in [3.63, 3.8) is 0 Å². The molecule has 0 bridgehead atoms. The molecule has 0 aliphatic carbocycles. The number of ether oxygens (including phenoxy) is 1. The molecule has 3 aromatic rings. The third-order valence-electron chi connectivity index (χ3n) is 3.62. The van der Waals surface area contributed by atoms with Gasteiger partial charge in [0.1, 0.15) is 12.4 Å². The van der Waals surface area contributed by atoms with E-state index in [0.717, 1.165) is 16.9 Å². The van der Waals surface area contributed by atoms with Crippen LogP contribution < -0.4 is 10.2 Å². The van der Waals surface area contributed by atoms with Crippen LogP contribution in [0.5, 0.6) is 5.75 Å². The summed E-state index contributed by atoms with van der Waals surface area (Å²) < 4.78 is 5.79. The van der Waals surface area contributed by atoms with Crippen LogP contribution in [0.2, 0.25) is 0 Å². The summed E-state index contributed by atoms with van der Waals surface area (Å²) in [5, 5.41) is 13.1. The van der Waals surface area contributed by atoms with Gasteiger partial charge in [0.2, 0.25) is 0 Å². The SMILES string of the molecule is O=C(O)c1cccc(N/N=C/c2cccc(OCc3ccccc3)c2)c1. The highest BCUT2D eigenvalue weighted by Crippen LogP contribution is 2.15. The van der Waals surface area contributed by atoms with Gasteiger partial charge in [-0.15, -0.1) is 0 Å². The van der Waals surface area contributed by atoms with Crippen LogP contribution in [0.3, 0.4) is 0 Å². The fraction of sp³-hybridized carbons (Fsp3) is 0.0476. The number of hydrogen-bond donors (Lipinski definition) is 2. The molecule has 0 unspecified atom stereocenters. The molecular weight excluding hydrogens is 328 g/mol. The molecule has 0 radical (unpaired) electrons. The molecule has 0 aliphatic rings. The second kappa shape index (κ2) is 8.48. The first kappa shape index (κ1) is 17.2. The van der Waals surface area contributed by atoms with Crippen molar-refractivity contribution in [3.05, 3.63) is 95.6 Å². The maximum Gasteiger partial charge on any atom is 0.335 e. The molecule has 0 aromatic heterocycles. The van der Waals surface area contributed by atoms with Gasteiger partial charge in [0.05, 0.1) is 17.5 Å². The Labute approximate surface area is 151 Å². The molecular formula is C21H18N2O3. The lowest BCUT2D eigenvalue weighted by molar-refractivity contribution is 0.0697. The van der Waals surface area contributed by atoms with Gasteiger partial charge in [-0.3, -0.25) is 5.43 Å². The van der Waals surface area contributed by atoms with Crippen LogP contribution in [0.15, 0.2) is 84.0 Å². The molecule has 2 N–H and O–H groups in total. The topological polar surface area (TPSA) is 70.9 Å². The van der Waals surface area contributed by atoms with E-state index in [-0.39, 0.29) is 5.56 Å². The predicted octanol–water partition coefficient (Wildman–Crippen LogP) is 4.41. The van der Waals surface area contributed by atoms with E-state index < -0.39 is 5.97 Å². The molecule has 5 nitrogen and oxygen atoms in total. The van der Waals surface area contributed by atoms with Gasteiger partial charge in [-0.2, -0.15) is 5.10 Å². The van der Waals surface area contributed by atoms with Gasteiger partial charge >= 0.3 is 5.97 Å². The van der Waals surface area contributed by atoms with Gasteiger partial charge in [0, 0.05) is 0 Å². The Kier molecular flexibility index (Phi) is 5.62. The van der Waals surface area contributed by atoms with E-state index in [0.29, 0.717) is 12.3 Å². The summed E-state index contributed by atoms with van der Waals surface area (Å²) in [5.74, 6) is -0.216. The number of rotatable bonds is 7. The number of nitrogens with one attached hydrogen (secondary N) is 1. The zero-order valence-corrected chi connectivity index (χ0v) is 14.0. The number of anilines is 1. The highest BCUT2D eigenvalue weighted by molar-refractivity contribution is 5.88. The number of carboxylic acids is 1. The molecule has 3 rings (SSSR count). The molecule has 3 aromatic carbocycles. The standard InChI is InChI=1S/C21H18N2O3/c24-21(25)18-9-5-10-19(13-18)23-22-14-17-8-4-11-20(12-17)26-15-16-6-2-1-3-7-16/h1-14,23H,15H2,(H,24,25)/b22-14+. The molecule has 0 heterocycles. The first-order chi connectivity index (χ1) is 12.7. The van der Waals surface area contributed by atoms with Gasteiger partial charge in [0.25, 0.3) is 0 Å². The number of carboxylic acid groups (broad SMARTS) is 1. The lowest BCUT2D eigenvalue weighted by Gasteiger charge is -2.07. The van der Waals surface area contributed by atoms with E-state index in [9.17, 15) is 4.79 Å². The highest BCUT2D eigenvalue weighted by atomic mass is 16.5. The van der Waals surface area contributed by atoms with Crippen LogP contribution in [0.4, 0.5) is 5.69 Å². The number of benzene rings is 3. The van der Waals surface area contributed by atoms with Crippen molar-refractivity contribution < 1.29 is 14.6 Å². The van der Waals surface area contributed by atoms with Crippen molar-refractivity contribution in [2.24, 2.45) is 5.10 Å². The normalized spacial score (nSPS) is 10.6. The zero-order chi connectivity index (χ0) is 18.2. The largest absolute Gasteiger partial charge is 0.489 e. The number of aromatic carboxylic acids is 1. The summed E-state index contributed by atoms with van der Waals surface area (Å²) in [6.45, 7) is 0.502. The minimum absolute atomic E-state index is 0.210. The average Bonchev–Trinajstić information content (AvgIpc) is 2.68. The molecule has 5 heteroatoms. The number of hydrogen-bond acceptors (Lipinski definition) is 4. The Morgan fingerprint density at radius 2 is 1.81 bits per heavy atom. The summed E-state index contributed by atoms with van der Waals surface area (Å²) in [6, 6.07) is 24.0. The number of carbonyl (C=O) groups is 1. The van der Waals surface area contributed by atoms with E-state index in [1.165, 1.54) is 12.1 Å². The monoisotopic (exact) mass is 346 g/mol. The molecule has 0 aliphatic heterocycles. The molecule has 130 valence electrons. The van der Waals surface area contributed by atoms with Gasteiger partial charge < -0.3 is 9.84 Å². The first-order valence-electron chi connectivity index (χ1n) is 8.10. The van der Waals surface area contributed by atoms with Crippen molar-refractivity contribution in [3.8, 4) is 5.75 Å². The van der Waals surface area contributed by atoms with Crippen molar-refractivity contribution >= 4 is 17.9 Å². The maximum atomic E-state index is 11.0. The Morgan fingerprint density at radius 3 is 2.62 bits per heavy atom. The van der Waals surface area contributed by atoms with E-state index in [1.807, 2.05) is 54.6 Å². The van der Waals surface area contributed by atoms with E-state index in [4.69, 9.17) is 9.84 Å². The Hall–Kier alpha value is -3.60. The van der Waals surface area contributed by atoms with E-state index in [1.54, 1.807) is 18.3 Å². The first-order valence-corrected chi connectivity index (χ1v) is 8.10. The third-order valence-corrected chi connectivity index (χ3v) is 3.62. The van der Waals surface area contributed by atoms with Crippen LogP contribution in [-0.4, -0.2) is 17.3 Å². The van der Waals surface area contributed by atoms with Crippen LogP contribution in [0.1, 0.15) is 21.5 Å². The van der Waals surface area contributed by atoms with Gasteiger partial charge in [-0.25, -0.2) is 4.79 Å². The summed E-state index contributed by atoms with van der Waals surface area (Å²) in [6.07, 6.45) is 1.66. The summed E-state index contributed by atoms with van der Waals surface area (Å²) >= 11 is 0. The van der Waals surface area contributed by atoms with Gasteiger partial charge in [0.15, 0.2) is 0 Å². The predicted molar refractivity (Wildman–Crippen MR) is 102 cm³/mol. The Bertz CT molecular complexity index is 908. The van der Waals surface area contributed by atoms with Crippen molar-refractivity contribution in [1.29, 1.82) is 0 Å². The smallest absolute Gasteiger partial charge is 0.335 e. The molecule has 0 fully saturated rings. The Balaban J connectivity index is 1.60. The Morgan fingerprint density at radius 1 is 1.00 bits per heavy atom. The van der Waals surface area contributed by atoms with Crippen molar-refractivity contribution in [2.45, 2.75) is 6.61 Å². The molecule has 0 spiro atoms. The third kappa shape index (κ3) is 4.95. The van der Waals surface area contributed by atoms with Gasteiger partial charge in [-0.05, 0) is 41.5 Å². The fourth-order valence-corrected chi connectivity index (χ4v) is 2.33. The highest BCUT2D eigenvalue weighted by Gasteiger charge is 2.02. The lowest BCUT2D eigenvalue weighted by atomic mass is 10.2. The molecule has 0 saturated heterocycles. The molecule has 26 heavy (non-hydrogen) atoms. The van der Waals surface area contributed by atoms with Crippen molar-refractivity contribution in [2.75, 3.05) is 5.43 Å². The van der Waals surface area contributed by atoms with Gasteiger partial charge in [-0.1, -0.05) is 48.5 Å². The van der Waals surface area contributed by atoms with Crippen molar-refractivity contribution in [1.82, 2.24) is 0 Å². The van der Waals surface area contributed by atoms with E-state index in [2.05, 4.69) is 10.5 Å². The molecule has 0 amide bonds. The second-order valence-corrected chi connectivity index (χ2v) is 5.60. The van der Waals surface area contributed by atoms with Crippen LogP contribution >= 0.6 is 0 Å². The maximum absolute atomic E-state index is 11.0. The van der Waals surface area contributed by atoms with Crippen LogP contribution in [-0.2, 0) is 6.61 Å². The quantitative estimate of drug-likeness (QED) is 0.491. The lowest BCUT2D eigenvalue weighted by Crippen LogP contribution is -1.98.